The molecule has 4 rings (SSSR count). The van der Waals surface area contributed by atoms with Crippen LogP contribution in [0.25, 0.3) is 22.1 Å². The third kappa shape index (κ3) is 3.04. The number of methoxy groups -OCH3 is 1. The molecule has 3 aromatic carbocycles. The topological polar surface area (TPSA) is 31.6 Å². The highest BCUT2D eigenvalue weighted by Crippen LogP contribution is 2.44. The Hall–Kier alpha value is -3.20. The summed E-state index contributed by atoms with van der Waals surface area (Å²) in [5.74, 6) is 1.31. The van der Waals surface area contributed by atoms with Gasteiger partial charge in [-0.3, -0.25) is 0 Å². The second kappa shape index (κ2) is 6.96. The Labute approximate surface area is 152 Å². The Bertz CT molecular complexity index is 1030. The summed E-state index contributed by atoms with van der Waals surface area (Å²) < 4.78 is 17.5. The van der Waals surface area contributed by atoms with E-state index in [2.05, 4.69) is 25.1 Å². The lowest BCUT2D eigenvalue weighted by molar-refractivity contribution is 0.305. The van der Waals surface area contributed by atoms with E-state index in [4.69, 9.17) is 13.9 Å². The Kier molecular flexibility index (Phi) is 4.36. The van der Waals surface area contributed by atoms with Crippen LogP contribution < -0.4 is 9.47 Å². The molecule has 0 aliphatic carbocycles. The number of rotatable bonds is 5. The van der Waals surface area contributed by atoms with Crippen LogP contribution in [0, 0.1) is 6.92 Å². The second-order valence-corrected chi connectivity index (χ2v) is 6.24. The molecule has 1 heterocycles. The van der Waals surface area contributed by atoms with Crippen LogP contribution in [0.15, 0.2) is 77.2 Å². The lowest BCUT2D eigenvalue weighted by Gasteiger charge is -2.12. The fourth-order valence-electron chi connectivity index (χ4n) is 3.12. The predicted octanol–water partition coefficient (Wildman–Crippen LogP) is 6.00. The van der Waals surface area contributed by atoms with Gasteiger partial charge in [0.25, 0.3) is 5.95 Å². The standard InChI is InChI=1S/C23H20O3/c1-16-12-13-21-19(14-16)22(23(24-2)26-21)18-10-6-7-11-20(18)25-15-17-8-4-3-5-9-17/h3-14H,15H2,1-2H3. The van der Waals surface area contributed by atoms with Crippen molar-refractivity contribution in [2.45, 2.75) is 13.5 Å². The van der Waals surface area contributed by atoms with Crippen molar-refractivity contribution >= 4 is 11.0 Å². The van der Waals surface area contributed by atoms with Crippen LogP contribution in [0.4, 0.5) is 0 Å². The predicted molar refractivity (Wildman–Crippen MR) is 104 cm³/mol. The third-order valence-corrected chi connectivity index (χ3v) is 4.39. The van der Waals surface area contributed by atoms with Gasteiger partial charge in [0.1, 0.15) is 17.9 Å². The molecule has 0 atom stereocenters. The van der Waals surface area contributed by atoms with Gasteiger partial charge in [-0.25, -0.2) is 0 Å². The number of para-hydroxylation sites is 1. The number of hydrogen-bond donors (Lipinski definition) is 0. The fourth-order valence-corrected chi connectivity index (χ4v) is 3.12. The molecule has 0 fully saturated rings. The molecule has 0 N–H and O–H groups in total. The molecule has 1 aromatic heterocycles. The van der Waals surface area contributed by atoms with Crippen LogP contribution in [-0.2, 0) is 6.61 Å². The number of hydrogen-bond acceptors (Lipinski definition) is 3. The molecule has 130 valence electrons. The van der Waals surface area contributed by atoms with Gasteiger partial charge in [0.2, 0.25) is 0 Å². The van der Waals surface area contributed by atoms with Gasteiger partial charge < -0.3 is 13.9 Å². The van der Waals surface area contributed by atoms with E-state index in [-0.39, 0.29) is 0 Å². The van der Waals surface area contributed by atoms with Gasteiger partial charge in [-0.2, -0.15) is 0 Å². The van der Waals surface area contributed by atoms with Gasteiger partial charge >= 0.3 is 0 Å². The summed E-state index contributed by atoms with van der Waals surface area (Å²) in [6.45, 7) is 2.58. The van der Waals surface area contributed by atoms with Gasteiger partial charge in [0.15, 0.2) is 0 Å². The van der Waals surface area contributed by atoms with E-state index in [9.17, 15) is 0 Å². The van der Waals surface area contributed by atoms with Crippen molar-refractivity contribution in [2.24, 2.45) is 0 Å². The lowest BCUT2D eigenvalue weighted by Crippen LogP contribution is -1.97. The highest BCUT2D eigenvalue weighted by Gasteiger charge is 2.20. The molecule has 0 radical (unpaired) electrons. The Balaban J connectivity index is 1.79. The Morgan fingerprint density at radius 1 is 0.885 bits per heavy atom. The fraction of sp³-hybridized carbons (Fsp3) is 0.130. The minimum absolute atomic E-state index is 0.501. The SMILES string of the molecule is COc1oc2ccc(C)cc2c1-c1ccccc1OCc1ccccc1. The van der Waals surface area contributed by atoms with E-state index in [0.29, 0.717) is 12.6 Å². The molecule has 4 aromatic rings. The summed E-state index contributed by atoms with van der Waals surface area (Å²) in [4.78, 5) is 0. The van der Waals surface area contributed by atoms with Crippen molar-refractivity contribution in [3.05, 3.63) is 83.9 Å². The van der Waals surface area contributed by atoms with Crippen LogP contribution in [0.3, 0.4) is 0 Å². The molecule has 3 nitrogen and oxygen atoms in total. The van der Waals surface area contributed by atoms with Crippen molar-refractivity contribution in [3.63, 3.8) is 0 Å². The van der Waals surface area contributed by atoms with Gasteiger partial charge in [0, 0.05) is 10.9 Å². The highest BCUT2D eigenvalue weighted by atomic mass is 16.6. The summed E-state index contributed by atoms with van der Waals surface area (Å²) in [7, 11) is 1.63. The second-order valence-electron chi connectivity index (χ2n) is 6.24. The molecular formula is C23H20O3. The molecule has 26 heavy (non-hydrogen) atoms. The normalized spacial score (nSPS) is 10.8. The average Bonchev–Trinajstić information content (AvgIpc) is 3.05. The molecule has 0 saturated heterocycles. The average molecular weight is 344 g/mol. The molecule has 0 unspecified atom stereocenters. The zero-order valence-electron chi connectivity index (χ0n) is 14.9. The van der Waals surface area contributed by atoms with Gasteiger partial charge in [-0.05, 0) is 30.7 Å². The zero-order chi connectivity index (χ0) is 17.9. The summed E-state index contributed by atoms with van der Waals surface area (Å²) in [5, 5.41) is 1.03. The van der Waals surface area contributed by atoms with Crippen LogP contribution in [0.2, 0.25) is 0 Å². The minimum Gasteiger partial charge on any atom is -0.488 e. The molecule has 3 heteroatoms. The smallest absolute Gasteiger partial charge is 0.293 e. The number of aryl methyl sites for hydroxylation is 1. The first kappa shape index (κ1) is 16.3. The van der Waals surface area contributed by atoms with Gasteiger partial charge in [-0.15, -0.1) is 0 Å². The first-order chi connectivity index (χ1) is 12.8. The zero-order valence-corrected chi connectivity index (χ0v) is 14.9. The number of ether oxygens (including phenoxy) is 2. The minimum atomic E-state index is 0.501. The lowest BCUT2D eigenvalue weighted by atomic mass is 10.0. The van der Waals surface area contributed by atoms with Crippen molar-refractivity contribution in [2.75, 3.05) is 7.11 Å². The summed E-state index contributed by atoms with van der Waals surface area (Å²) in [5.41, 5.74) is 4.99. The van der Waals surface area contributed by atoms with E-state index in [1.807, 2.05) is 54.6 Å². The Morgan fingerprint density at radius 3 is 2.46 bits per heavy atom. The van der Waals surface area contributed by atoms with E-state index < -0.39 is 0 Å². The molecule has 0 spiro atoms. The Morgan fingerprint density at radius 2 is 1.65 bits per heavy atom. The van der Waals surface area contributed by atoms with Crippen LogP contribution in [0.1, 0.15) is 11.1 Å². The van der Waals surface area contributed by atoms with E-state index in [1.165, 1.54) is 5.56 Å². The quantitative estimate of drug-likeness (QED) is 0.445. The maximum atomic E-state index is 6.13. The van der Waals surface area contributed by atoms with E-state index in [1.54, 1.807) is 7.11 Å². The van der Waals surface area contributed by atoms with Crippen LogP contribution >= 0.6 is 0 Å². The van der Waals surface area contributed by atoms with Crippen molar-refractivity contribution in [1.29, 1.82) is 0 Å². The highest BCUT2D eigenvalue weighted by molar-refractivity contribution is 5.99. The van der Waals surface area contributed by atoms with Crippen LogP contribution in [0.5, 0.6) is 11.7 Å². The maximum Gasteiger partial charge on any atom is 0.293 e. The third-order valence-electron chi connectivity index (χ3n) is 4.39. The van der Waals surface area contributed by atoms with Crippen LogP contribution in [-0.4, -0.2) is 7.11 Å². The van der Waals surface area contributed by atoms with Crippen molar-refractivity contribution in [3.8, 4) is 22.8 Å². The van der Waals surface area contributed by atoms with Crippen molar-refractivity contribution in [1.82, 2.24) is 0 Å². The monoisotopic (exact) mass is 344 g/mol. The van der Waals surface area contributed by atoms with Gasteiger partial charge in [0.05, 0.1) is 12.7 Å². The summed E-state index contributed by atoms with van der Waals surface area (Å²) in [6, 6.07) is 24.3. The first-order valence-electron chi connectivity index (χ1n) is 8.59. The molecule has 0 aliphatic rings. The van der Waals surface area contributed by atoms with Gasteiger partial charge in [-0.1, -0.05) is 60.2 Å². The summed E-state index contributed by atoms with van der Waals surface area (Å²) in [6.07, 6.45) is 0. The van der Waals surface area contributed by atoms with E-state index >= 15 is 0 Å². The van der Waals surface area contributed by atoms with Crippen molar-refractivity contribution < 1.29 is 13.9 Å². The maximum absolute atomic E-state index is 6.13. The molecule has 0 saturated carbocycles. The molecule has 0 bridgehead atoms. The van der Waals surface area contributed by atoms with E-state index in [0.717, 1.165) is 33.4 Å². The molecule has 0 aliphatic heterocycles. The summed E-state index contributed by atoms with van der Waals surface area (Å²) >= 11 is 0. The molecular weight excluding hydrogens is 324 g/mol. The number of furan rings is 1. The first-order valence-corrected chi connectivity index (χ1v) is 8.59. The molecule has 0 amide bonds. The largest absolute Gasteiger partial charge is 0.488 e. The number of benzene rings is 3. The number of fused-ring (bicyclic) bond motifs is 1.